The fraction of sp³-hybridized carbons (Fsp3) is 0.438. The molecule has 0 spiro atoms. The number of nitrogens with one attached hydrogen (secondary N) is 2. The molecule has 1 saturated heterocycles. The van der Waals surface area contributed by atoms with Crippen LogP contribution in [0.2, 0.25) is 0 Å². The Bertz CT molecular complexity index is 562. The number of benzene rings is 1. The molecule has 3 amide bonds. The van der Waals surface area contributed by atoms with Crippen LogP contribution in [-0.4, -0.2) is 17.8 Å². The zero-order valence-electron chi connectivity index (χ0n) is 12.6. The number of aliphatic imine (C=N–C) groups is 1. The van der Waals surface area contributed by atoms with Gasteiger partial charge in [0.25, 0.3) is 0 Å². The summed E-state index contributed by atoms with van der Waals surface area (Å²) in [6, 6.07) is 9.19. The van der Waals surface area contributed by atoms with Crippen LogP contribution in [0.25, 0.3) is 0 Å². The van der Waals surface area contributed by atoms with Crippen molar-refractivity contribution in [3.05, 3.63) is 35.9 Å². The number of imide groups is 1. The molecule has 112 valence electrons. The number of nitrogens with zero attached hydrogens (tertiary/aromatic N) is 1. The van der Waals surface area contributed by atoms with E-state index >= 15 is 0 Å². The van der Waals surface area contributed by atoms with Crippen molar-refractivity contribution >= 4 is 17.8 Å². The molecule has 2 rings (SSSR count). The van der Waals surface area contributed by atoms with Gasteiger partial charge in [-0.1, -0.05) is 44.2 Å². The van der Waals surface area contributed by atoms with Crippen molar-refractivity contribution in [1.29, 1.82) is 0 Å². The lowest BCUT2D eigenvalue weighted by Gasteiger charge is -2.35. The Labute approximate surface area is 124 Å². The van der Waals surface area contributed by atoms with E-state index in [1.54, 1.807) is 0 Å². The third-order valence-corrected chi connectivity index (χ3v) is 4.16. The van der Waals surface area contributed by atoms with Crippen molar-refractivity contribution in [1.82, 2.24) is 10.6 Å². The predicted molar refractivity (Wildman–Crippen MR) is 82.0 cm³/mol. The Morgan fingerprint density at radius 1 is 1.10 bits per heavy atom. The molecule has 0 unspecified atom stereocenters. The maximum atomic E-state index is 12.3. The van der Waals surface area contributed by atoms with Crippen molar-refractivity contribution in [2.45, 2.75) is 39.7 Å². The summed E-state index contributed by atoms with van der Waals surface area (Å²) in [5, 5.41) is 5.06. The minimum Gasteiger partial charge on any atom is -0.295 e. The van der Waals surface area contributed by atoms with Crippen molar-refractivity contribution < 1.29 is 9.59 Å². The van der Waals surface area contributed by atoms with Crippen LogP contribution in [0.5, 0.6) is 0 Å². The second-order valence-electron chi connectivity index (χ2n) is 5.26. The fourth-order valence-corrected chi connectivity index (χ4v) is 2.65. The van der Waals surface area contributed by atoms with Crippen molar-refractivity contribution in [3.63, 3.8) is 0 Å². The molecule has 1 aliphatic rings. The van der Waals surface area contributed by atoms with Crippen LogP contribution in [0.3, 0.4) is 0 Å². The molecule has 1 heterocycles. The Hall–Kier alpha value is -2.17. The van der Waals surface area contributed by atoms with Gasteiger partial charge in [-0.2, -0.15) is 0 Å². The zero-order chi connectivity index (χ0) is 15.5. The highest BCUT2D eigenvalue weighted by Crippen LogP contribution is 2.31. The smallest absolute Gasteiger partial charge is 0.295 e. The van der Waals surface area contributed by atoms with Gasteiger partial charge in [0.1, 0.15) is 11.3 Å². The summed E-state index contributed by atoms with van der Waals surface area (Å²) in [6.45, 7) is 5.82. The van der Waals surface area contributed by atoms with Gasteiger partial charge in [-0.3, -0.25) is 20.4 Å². The molecule has 5 heteroatoms. The highest BCUT2D eigenvalue weighted by molar-refractivity contribution is 6.21. The summed E-state index contributed by atoms with van der Waals surface area (Å²) in [4.78, 5) is 28.5. The number of hydrogen-bond acceptors (Lipinski definition) is 3. The second kappa shape index (κ2) is 6.08. The van der Waals surface area contributed by atoms with Gasteiger partial charge in [0, 0.05) is 0 Å². The first kappa shape index (κ1) is 15.2. The number of hydrogen-bond donors (Lipinski definition) is 2. The molecule has 0 saturated carbocycles. The lowest BCUT2D eigenvalue weighted by atomic mass is 9.78. The molecule has 1 fully saturated rings. The summed E-state index contributed by atoms with van der Waals surface area (Å²) in [6.07, 6.45) is 1.19. The van der Waals surface area contributed by atoms with E-state index in [2.05, 4.69) is 15.6 Å². The third kappa shape index (κ3) is 2.82. The van der Waals surface area contributed by atoms with E-state index in [4.69, 9.17) is 0 Å². The van der Waals surface area contributed by atoms with Crippen LogP contribution in [0.4, 0.5) is 4.79 Å². The molecule has 1 atom stereocenters. The van der Waals surface area contributed by atoms with Gasteiger partial charge in [-0.15, -0.1) is 0 Å². The summed E-state index contributed by atoms with van der Waals surface area (Å²) in [7, 11) is 0. The largest absolute Gasteiger partial charge is 0.326 e. The average molecular weight is 287 g/mol. The molecule has 0 radical (unpaired) electrons. The first-order valence-electron chi connectivity index (χ1n) is 7.29. The Kier molecular flexibility index (Phi) is 4.40. The quantitative estimate of drug-likeness (QED) is 0.894. The summed E-state index contributed by atoms with van der Waals surface area (Å²) >= 11 is 0. The number of amides is 3. The molecule has 1 aliphatic heterocycles. The monoisotopic (exact) mass is 287 g/mol. The molecule has 5 nitrogen and oxygen atoms in total. The number of urea groups is 1. The van der Waals surface area contributed by atoms with E-state index in [-0.39, 0.29) is 11.9 Å². The lowest BCUT2D eigenvalue weighted by molar-refractivity contribution is -0.127. The Morgan fingerprint density at radius 3 is 2.29 bits per heavy atom. The SMILES string of the molecule is CCC1(CC)C(=O)NC(=O)NC1=N[C@@H](C)c1ccccc1. The van der Waals surface area contributed by atoms with Gasteiger partial charge in [0.2, 0.25) is 5.91 Å². The minimum atomic E-state index is -0.753. The molecule has 0 aromatic heterocycles. The maximum absolute atomic E-state index is 12.3. The van der Waals surface area contributed by atoms with E-state index in [1.165, 1.54) is 0 Å². The molecular formula is C16H21N3O2. The Morgan fingerprint density at radius 2 is 1.71 bits per heavy atom. The standard InChI is InChI=1S/C16H21N3O2/c1-4-16(5-2)13(18-15(21)19-14(16)20)17-11(3)12-9-7-6-8-10-12/h6-11H,4-5H2,1-3H3,(H2,17,18,19,20,21)/t11-/m0/s1. The summed E-state index contributed by atoms with van der Waals surface area (Å²) < 4.78 is 0. The van der Waals surface area contributed by atoms with E-state index < -0.39 is 11.4 Å². The summed E-state index contributed by atoms with van der Waals surface area (Å²) in [5.74, 6) is 0.202. The van der Waals surface area contributed by atoms with Crippen LogP contribution >= 0.6 is 0 Å². The lowest BCUT2D eigenvalue weighted by Crippen LogP contribution is -2.62. The highest BCUT2D eigenvalue weighted by Gasteiger charge is 2.45. The molecule has 2 N–H and O–H groups in total. The van der Waals surface area contributed by atoms with Crippen molar-refractivity contribution in [3.8, 4) is 0 Å². The van der Waals surface area contributed by atoms with Gasteiger partial charge < -0.3 is 0 Å². The molecule has 0 aliphatic carbocycles. The molecule has 21 heavy (non-hydrogen) atoms. The predicted octanol–water partition coefficient (Wildman–Crippen LogP) is 2.79. The maximum Gasteiger partial charge on any atom is 0.326 e. The van der Waals surface area contributed by atoms with Crippen molar-refractivity contribution in [2.75, 3.05) is 0 Å². The van der Waals surface area contributed by atoms with E-state index in [0.29, 0.717) is 18.7 Å². The van der Waals surface area contributed by atoms with E-state index in [0.717, 1.165) is 5.56 Å². The van der Waals surface area contributed by atoms with Gasteiger partial charge in [-0.05, 0) is 25.3 Å². The van der Waals surface area contributed by atoms with Crippen LogP contribution in [-0.2, 0) is 4.79 Å². The van der Waals surface area contributed by atoms with Gasteiger partial charge in [-0.25, -0.2) is 4.79 Å². The normalized spacial score (nSPS) is 20.8. The van der Waals surface area contributed by atoms with Crippen LogP contribution in [0.1, 0.15) is 45.2 Å². The first-order chi connectivity index (χ1) is 10.0. The van der Waals surface area contributed by atoms with Gasteiger partial charge in [0.05, 0.1) is 6.04 Å². The molecule has 0 bridgehead atoms. The first-order valence-corrected chi connectivity index (χ1v) is 7.29. The minimum absolute atomic E-state index is 0.120. The number of amidine groups is 1. The number of carbonyl (C=O) groups excluding carboxylic acids is 2. The topological polar surface area (TPSA) is 70.6 Å². The van der Waals surface area contributed by atoms with E-state index in [9.17, 15) is 9.59 Å². The van der Waals surface area contributed by atoms with Gasteiger partial charge >= 0.3 is 6.03 Å². The Balaban J connectivity index is 2.39. The molecule has 1 aromatic rings. The van der Waals surface area contributed by atoms with Crippen molar-refractivity contribution in [2.24, 2.45) is 10.4 Å². The van der Waals surface area contributed by atoms with Gasteiger partial charge in [0.15, 0.2) is 0 Å². The zero-order valence-corrected chi connectivity index (χ0v) is 12.6. The van der Waals surface area contributed by atoms with Crippen LogP contribution < -0.4 is 10.6 Å². The third-order valence-electron chi connectivity index (χ3n) is 4.16. The number of rotatable bonds is 4. The molecular weight excluding hydrogens is 266 g/mol. The number of carbonyl (C=O) groups is 2. The van der Waals surface area contributed by atoms with Crippen LogP contribution in [0.15, 0.2) is 35.3 Å². The molecule has 1 aromatic carbocycles. The van der Waals surface area contributed by atoms with E-state index in [1.807, 2.05) is 51.1 Å². The fourth-order valence-electron chi connectivity index (χ4n) is 2.65. The summed E-state index contributed by atoms with van der Waals surface area (Å²) in [5.41, 5.74) is 0.295. The average Bonchev–Trinajstić information content (AvgIpc) is 2.49. The second-order valence-corrected chi connectivity index (χ2v) is 5.26. The highest BCUT2D eigenvalue weighted by atomic mass is 16.2. The van der Waals surface area contributed by atoms with Crippen LogP contribution in [0, 0.1) is 5.41 Å².